The highest BCUT2D eigenvalue weighted by Crippen LogP contribution is 2.44. The molecule has 0 radical (unpaired) electrons. The number of likely N-dealkylation sites (N-methyl/N-ethyl adjacent to an activating group) is 1. The SMILES string of the molecule is C=C(C)C(=O)OCCN(C)C(=O)C(C#N)=C1c2ccccc2Oc2ccccc21. The van der Waals surface area contributed by atoms with Gasteiger partial charge in [-0.1, -0.05) is 43.0 Å². The third kappa shape index (κ3) is 4.04. The lowest BCUT2D eigenvalue weighted by Gasteiger charge is -2.25. The lowest BCUT2D eigenvalue weighted by molar-refractivity contribution is -0.140. The first kappa shape index (κ1) is 19.9. The van der Waals surface area contributed by atoms with Crippen molar-refractivity contribution in [1.82, 2.24) is 4.90 Å². The number of hydrogen-bond donors (Lipinski definition) is 0. The lowest BCUT2D eigenvalue weighted by atomic mass is 9.89. The molecule has 6 heteroatoms. The highest BCUT2D eigenvalue weighted by molar-refractivity contribution is 6.09. The summed E-state index contributed by atoms with van der Waals surface area (Å²) in [7, 11) is 1.56. The van der Waals surface area contributed by atoms with Gasteiger partial charge in [-0.15, -0.1) is 0 Å². The van der Waals surface area contributed by atoms with Crippen LogP contribution < -0.4 is 4.74 Å². The standard InChI is InChI=1S/C23H20N2O4/c1-15(2)23(27)28-13-12-25(3)22(26)18(14-24)21-16-8-4-6-10-19(16)29-20-11-7-5-9-17(20)21/h4-11H,1,12-13H2,2-3H3. The van der Waals surface area contributed by atoms with Crippen LogP contribution in [0.25, 0.3) is 5.57 Å². The number of amides is 1. The third-order valence-electron chi connectivity index (χ3n) is 4.46. The Morgan fingerprint density at radius 3 is 2.17 bits per heavy atom. The number of carbonyl (C=O) groups is 2. The van der Waals surface area contributed by atoms with Crippen molar-refractivity contribution in [2.45, 2.75) is 6.92 Å². The fourth-order valence-electron chi connectivity index (χ4n) is 2.96. The van der Waals surface area contributed by atoms with E-state index in [2.05, 4.69) is 12.6 Å². The summed E-state index contributed by atoms with van der Waals surface area (Å²) >= 11 is 0. The zero-order valence-corrected chi connectivity index (χ0v) is 16.3. The quantitative estimate of drug-likeness (QED) is 0.378. The second kappa shape index (κ2) is 8.44. The predicted octanol–water partition coefficient (Wildman–Crippen LogP) is 3.70. The highest BCUT2D eigenvalue weighted by atomic mass is 16.5. The van der Waals surface area contributed by atoms with Gasteiger partial charge in [-0.25, -0.2) is 4.79 Å². The number of nitriles is 1. The maximum atomic E-state index is 13.0. The van der Waals surface area contributed by atoms with Crippen molar-refractivity contribution in [3.05, 3.63) is 77.4 Å². The summed E-state index contributed by atoms with van der Waals surface area (Å²) in [4.78, 5) is 25.9. The van der Waals surface area contributed by atoms with Gasteiger partial charge in [0.1, 0.15) is 29.7 Å². The largest absolute Gasteiger partial charge is 0.460 e. The molecule has 1 aliphatic rings. The molecule has 1 amide bonds. The second-order valence-electron chi connectivity index (χ2n) is 6.60. The molecule has 146 valence electrons. The van der Waals surface area contributed by atoms with Crippen molar-refractivity contribution in [2.24, 2.45) is 0 Å². The number of para-hydroxylation sites is 2. The predicted molar refractivity (Wildman–Crippen MR) is 108 cm³/mol. The fraction of sp³-hybridized carbons (Fsp3) is 0.174. The molecule has 1 aliphatic heterocycles. The van der Waals surface area contributed by atoms with E-state index in [-0.39, 0.29) is 24.3 Å². The van der Waals surface area contributed by atoms with Crippen LogP contribution in [-0.2, 0) is 14.3 Å². The Kier molecular flexibility index (Phi) is 5.79. The Hall–Kier alpha value is -3.85. The van der Waals surface area contributed by atoms with Crippen LogP contribution in [0.4, 0.5) is 0 Å². The summed E-state index contributed by atoms with van der Waals surface area (Å²) in [6.07, 6.45) is 0. The number of esters is 1. The normalized spacial score (nSPS) is 11.3. The van der Waals surface area contributed by atoms with E-state index in [4.69, 9.17) is 9.47 Å². The number of benzene rings is 2. The number of carbonyl (C=O) groups excluding carboxylic acids is 2. The number of fused-ring (bicyclic) bond motifs is 2. The van der Waals surface area contributed by atoms with Crippen LogP contribution in [0.5, 0.6) is 11.5 Å². The van der Waals surface area contributed by atoms with Crippen LogP contribution in [0.15, 0.2) is 66.3 Å². The van der Waals surface area contributed by atoms with Crippen LogP contribution in [0.3, 0.4) is 0 Å². The van der Waals surface area contributed by atoms with E-state index in [0.717, 1.165) is 0 Å². The van der Waals surface area contributed by atoms with Crippen molar-refractivity contribution in [3.63, 3.8) is 0 Å². The number of nitrogens with zero attached hydrogens (tertiary/aromatic N) is 2. The third-order valence-corrected chi connectivity index (χ3v) is 4.46. The molecule has 0 N–H and O–H groups in total. The Labute approximate surface area is 169 Å². The van der Waals surface area contributed by atoms with Crippen LogP contribution in [0, 0.1) is 11.3 Å². The average Bonchev–Trinajstić information content (AvgIpc) is 2.73. The minimum atomic E-state index is -0.517. The van der Waals surface area contributed by atoms with Crippen LogP contribution in [-0.4, -0.2) is 37.0 Å². The van der Waals surface area contributed by atoms with Gasteiger partial charge in [-0.3, -0.25) is 4.79 Å². The van der Waals surface area contributed by atoms with Gasteiger partial charge < -0.3 is 14.4 Å². The zero-order valence-electron chi connectivity index (χ0n) is 16.3. The summed E-state index contributed by atoms with van der Waals surface area (Å²) in [5.41, 5.74) is 2.17. The molecular formula is C23H20N2O4. The summed E-state index contributed by atoms with van der Waals surface area (Å²) in [5.74, 6) is 0.192. The van der Waals surface area contributed by atoms with Crippen LogP contribution in [0.2, 0.25) is 0 Å². The Morgan fingerprint density at radius 2 is 1.66 bits per heavy atom. The molecule has 1 heterocycles. The Morgan fingerprint density at radius 1 is 1.10 bits per heavy atom. The molecule has 0 spiro atoms. The van der Waals surface area contributed by atoms with Gasteiger partial charge in [-0.05, 0) is 19.1 Å². The fourth-order valence-corrected chi connectivity index (χ4v) is 2.96. The molecule has 2 aromatic rings. The van der Waals surface area contributed by atoms with Gasteiger partial charge in [-0.2, -0.15) is 5.26 Å². The molecule has 6 nitrogen and oxygen atoms in total. The topological polar surface area (TPSA) is 79.6 Å². The molecule has 3 rings (SSSR count). The van der Waals surface area contributed by atoms with Crippen LogP contribution >= 0.6 is 0 Å². The minimum absolute atomic E-state index is 0.00178. The summed E-state index contributed by atoms with van der Waals surface area (Å²) in [5, 5.41) is 9.84. The molecular weight excluding hydrogens is 368 g/mol. The van der Waals surface area contributed by atoms with Gasteiger partial charge in [0.2, 0.25) is 0 Å². The van der Waals surface area contributed by atoms with Crippen molar-refractivity contribution in [2.75, 3.05) is 20.2 Å². The maximum absolute atomic E-state index is 13.0. The molecule has 29 heavy (non-hydrogen) atoms. The van der Waals surface area contributed by atoms with Crippen molar-refractivity contribution < 1.29 is 19.1 Å². The van der Waals surface area contributed by atoms with E-state index in [1.165, 1.54) is 4.90 Å². The lowest BCUT2D eigenvalue weighted by Crippen LogP contribution is -2.32. The summed E-state index contributed by atoms with van der Waals surface area (Å²) < 4.78 is 11.0. The molecule has 0 saturated heterocycles. The number of ether oxygens (including phenoxy) is 2. The van der Waals surface area contributed by atoms with Gasteiger partial charge in [0, 0.05) is 29.3 Å². The first-order valence-corrected chi connectivity index (χ1v) is 9.03. The van der Waals surface area contributed by atoms with Crippen molar-refractivity contribution in [1.29, 1.82) is 5.26 Å². The summed E-state index contributed by atoms with van der Waals surface area (Å²) in [6, 6.07) is 16.6. The van der Waals surface area contributed by atoms with Gasteiger partial charge in [0.05, 0.1) is 6.54 Å². The van der Waals surface area contributed by atoms with E-state index in [1.54, 1.807) is 26.1 Å². The highest BCUT2D eigenvalue weighted by Gasteiger charge is 2.28. The molecule has 0 atom stereocenters. The maximum Gasteiger partial charge on any atom is 0.333 e. The molecule has 0 saturated carbocycles. The molecule has 0 unspecified atom stereocenters. The first-order chi connectivity index (χ1) is 13.9. The van der Waals surface area contributed by atoms with Gasteiger partial charge in [0.25, 0.3) is 5.91 Å². The molecule has 0 aromatic heterocycles. The van der Waals surface area contributed by atoms with Gasteiger partial charge >= 0.3 is 5.97 Å². The van der Waals surface area contributed by atoms with E-state index < -0.39 is 11.9 Å². The molecule has 0 bridgehead atoms. The van der Waals surface area contributed by atoms with E-state index >= 15 is 0 Å². The van der Waals surface area contributed by atoms with Gasteiger partial charge in [0.15, 0.2) is 0 Å². The molecule has 0 fully saturated rings. The smallest absolute Gasteiger partial charge is 0.333 e. The van der Waals surface area contributed by atoms with Crippen LogP contribution in [0.1, 0.15) is 18.1 Å². The monoisotopic (exact) mass is 388 g/mol. The number of rotatable bonds is 5. The van der Waals surface area contributed by atoms with E-state index in [9.17, 15) is 14.9 Å². The average molecular weight is 388 g/mol. The zero-order chi connectivity index (χ0) is 21.0. The Bertz CT molecular complexity index is 1020. The van der Waals surface area contributed by atoms with Crippen molar-refractivity contribution >= 4 is 17.4 Å². The first-order valence-electron chi connectivity index (χ1n) is 9.03. The molecule has 0 aliphatic carbocycles. The second-order valence-corrected chi connectivity index (χ2v) is 6.60. The summed E-state index contributed by atoms with van der Waals surface area (Å²) in [6.45, 7) is 5.23. The van der Waals surface area contributed by atoms with E-state index in [1.807, 2.05) is 36.4 Å². The minimum Gasteiger partial charge on any atom is -0.460 e. The van der Waals surface area contributed by atoms with Crippen molar-refractivity contribution in [3.8, 4) is 17.6 Å². The Balaban J connectivity index is 1.96. The number of hydrogen-bond acceptors (Lipinski definition) is 5. The molecule has 2 aromatic carbocycles. The van der Waals surface area contributed by atoms with E-state index in [0.29, 0.717) is 28.2 Å².